The lowest BCUT2D eigenvalue weighted by molar-refractivity contribution is 0.563. The number of hydrogen-bond acceptors (Lipinski definition) is 3. The highest BCUT2D eigenvalue weighted by Crippen LogP contribution is 2.25. The minimum absolute atomic E-state index is 0.388. The molecule has 1 aromatic heterocycles. The average Bonchev–Trinajstić information content (AvgIpc) is 2.99. The number of rotatable bonds is 5. The van der Waals surface area contributed by atoms with E-state index in [-0.39, 0.29) is 0 Å². The summed E-state index contributed by atoms with van der Waals surface area (Å²) in [5.74, 6) is 0. The zero-order valence-corrected chi connectivity index (χ0v) is 13.1. The molecule has 0 unspecified atom stereocenters. The lowest BCUT2D eigenvalue weighted by Gasteiger charge is -2.09. The first-order valence-electron chi connectivity index (χ1n) is 7.73. The summed E-state index contributed by atoms with van der Waals surface area (Å²) in [6.07, 6.45) is 1.94. The second-order valence-electron chi connectivity index (χ2n) is 5.53. The first-order chi connectivity index (χ1) is 11.3. The van der Waals surface area contributed by atoms with E-state index < -0.39 is 0 Å². The molecule has 0 saturated heterocycles. The Morgan fingerprint density at radius 2 is 1.78 bits per heavy atom. The van der Waals surface area contributed by atoms with Crippen molar-refractivity contribution in [2.24, 2.45) is 0 Å². The quantitative estimate of drug-likeness (QED) is 0.721. The molecule has 0 aliphatic carbocycles. The molecule has 0 bridgehead atoms. The predicted molar refractivity (Wildman–Crippen MR) is 89.7 cm³/mol. The standard InChI is InChI=1S/C19H18N4/c1-15-8-5-6-12-17(15)19-18(14-20)21-22-23(19)13-7-11-16-9-3-2-4-10-16/h2-6,8-10,12H,7,11,13H2,1H3. The molecule has 3 aromatic rings. The number of hydrogen-bond donors (Lipinski definition) is 0. The third-order valence-corrected chi connectivity index (χ3v) is 3.92. The van der Waals surface area contributed by atoms with Crippen LogP contribution in [0, 0.1) is 18.3 Å². The van der Waals surface area contributed by atoms with E-state index in [2.05, 4.69) is 40.6 Å². The van der Waals surface area contributed by atoms with E-state index in [0.29, 0.717) is 5.69 Å². The van der Waals surface area contributed by atoms with Crippen molar-refractivity contribution in [3.63, 3.8) is 0 Å². The van der Waals surface area contributed by atoms with Crippen molar-refractivity contribution in [2.75, 3.05) is 0 Å². The van der Waals surface area contributed by atoms with Crippen molar-refractivity contribution in [3.05, 3.63) is 71.4 Å². The van der Waals surface area contributed by atoms with E-state index in [1.807, 2.05) is 41.9 Å². The minimum Gasteiger partial charge on any atom is -0.243 e. The summed E-state index contributed by atoms with van der Waals surface area (Å²) in [7, 11) is 0. The molecule has 3 rings (SSSR count). The summed E-state index contributed by atoms with van der Waals surface area (Å²) < 4.78 is 1.85. The molecule has 0 amide bonds. The normalized spacial score (nSPS) is 10.4. The van der Waals surface area contributed by atoms with Gasteiger partial charge in [0, 0.05) is 12.1 Å². The fourth-order valence-electron chi connectivity index (χ4n) is 2.73. The maximum Gasteiger partial charge on any atom is 0.190 e. The Hall–Kier alpha value is -2.93. The fourth-order valence-corrected chi connectivity index (χ4v) is 2.73. The van der Waals surface area contributed by atoms with Gasteiger partial charge in [-0.2, -0.15) is 5.26 Å². The van der Waals surface area contributed by atoms with Crippen LogP contribution in [0.4, 0.5) is 0 Å². The summed E-state index contributed by atoms with van der Waals surface area (Å²) in [6.45, 7) is 2.78. The first kappa shape index (κ1) is 15.0. The van der Waals surface area contributed by atoms with Gasteiger partial charge in [0.1, 0.15) is 11.8 Å². The summed E-state index contributed by atoms with van der Waals surface area (Å²) in [4.78, 5) is 0. The van der Waals surface area contributed by atoms with E-state index in [1.54, 1.807) is 0 Å². The molecule has 0 radical (unpaired) electrons. The van der Waals surface area contributed by atoms with Crippen LogP contribution in [-0.2, 0) is 13.0 Å². The maximum absolute atomic E-state index is 9.32. The molecule has 23 heavy (non-hydrogen) atoms. The number of benzene rings is 2. The van der Waals surface area contributed by atoms with E-state index in [9.17, 15) is 5.26 Å². The molecule has 0 saturated carbocycles. The van der Waals surface area contributed by atoms with E-state index in [4.69, 9.17) is 0 Å². The predicted octanol–water partition coefficient (Wildman–Crippen LogP) is 3.76. The SMILES string of the molecule is Cc1ccccc1-c1c(C#N)nnn1CCCc1ccccc1. The summed E-state index contributed by atoms with van der Waals surface area (Å²) >= 11 is 0. The molecule has 4 nitrogen and oxygen atoms in total. The smallest absolute Gasteiger partial charge is 0.190 e. The number of aromatic nitrogens is 3. The number of nitrogens with zero attached hydrogens (tertiary/aromatic N) is 4. The molecule has 0 aliphatic rings. The summed E-state index contributed by atoms with van der Waals surface area (Å²) in [5.41, 5.74) is 4.66. The van der Waals surface area contributed by atoms with E-state index in [1.165, 1.54) is 5.56 Å². The Bertz CT molecular complexity index is 828. The molecule has 1 heterocycles. The second-order valence-corrected chi connectivity index (χ2v) is 5.53. The molecule has 2 aromatic carbocycles. The second kappa shape index (κ2) is 6.89. The van der Waals surface area contributed by atoms with Crippen LogP contribution in [0.25, 0.3) is 11.3 Å². The van der Waals surface area contributed by atoms with Gasteiger partial charge in [-0.15, -0.1) is 5.10 Å². The van der Waals surface area contributed by atoms with Crippen LogP contribution in [0.1, 0.15) is 23.2 Å². The van der Waals surface area contributed by atoms with Crippen molar-refractivity contribution < 1.29 is 0 Å². The molecule has 4 heteroatoms. The third-order valence-electron chi connectivity index (χ3n) is 3.92. The zero-order chi connectivity index (χ0) is 16.1. The van der Waals surface area contributed by atoms with Crippen LogP contribution >= 0.6 is 0 Å². The lowest BCUT2D eigenvalue weighted by Crippen LogP contribution is -2.05. The third kappa shape index (κ3) is 3.29. The Morgan fingerprint density at radius 1 is 1.04 bits per heavy atom. The van der Waals surface area contributed by atoms with Gasteiger partial charge in [-0.3, -0.25) is 0 Å². The van der Waals surface area contributed by atoms with Crippen LogP contribution in [0.3, 0.4) is 0 Å². The topological polar surface area (TPSA) is 54.5 Å². The molecule has 0 spiro atoms. The van der Waals surface area contributed by atoms with Gasteiger partial charge in [-0.1, -0.05) is 59.8 Å². The van der Waals surface area contributed by atoms with Gasteiger partial charge in [0.25, 0.3) is 0 Å². The van der Waals surface area contributed by atoms with Crippen molar-refractivity contribution in [2.45, 2.75) is 26.3 Å². The lowest BCUT2D eigenvalue weighted by atomic mass is 10.0. The summed E-state index contributed by atoms with van der Waals surface area (Å²) in [5, 5.41) is 17.5. The van der Waals surface area contributed by atoms with E-state index in [0.717, 1.165) is 36.2 Å². The maximum atomic E-state index is 9.32. The van der Waals surface area contributed by atoms with Gasteiger partial charge in [0.15, 0.2) is 5.69 Å². The fraction of sp³-hybridized carbons (Fsp3) is 0.211. The van der Waals surface area contributed by atoms with Gasteiger partial charge >= 0.3 is 0 Å². The van der Waals surface area contributed by atoms with E-state index >= 15 is 0 Å². The van der Waals surface area contributed by atoms with Gasteiger partial charge in [0.2, 0.25) is 0 Å². The molecule has 114 valence electrons. The van der Waals surface area contributed by atoms with Gasteiger partial charge in [0.05, 0.1) is 0 Å². The molecule has 0 atom stereocenters. The monoisotopic (exact) mass is 302 g/mol. The molecule has 0 N–H and O–H groups in total. The highest BCUT2D eigenvalue weighted by Gasteiger charge is 2.16. The van der Waals surface area contributed by atoms with Crippen molar-refractivity contribution in [3.8, 4) is 17.3 Å². The van der Waals surface area contributed by atoms with Gasteiger partial charge < -0.3 is 0 Å². The Labute approximate surface area is 136 Å². The average molecular weight is 302 g/mol. The first-order valence-corrected chi connectivity index (χ1v) is 7.73. The van der Waals surface area contributed by atoms with Crippen molar-refractivity contribution >= 4 is 0 Å². The van der Waals surface area contributed by atoms with Crippen LogP contribution < -0.4 is 0 Å². The zero-order valence-electron chi connectivity index (χ0n) is 13.1. The molecule has 0 aliphatic heterocycles. The van der Waals surface area contributed by atoms with Gasteiger partial charge in [-0.05, 0) is 30.9 Å². The highest BCUT2D eigenvalue weighted by atomic mass is 15.4. The molecular formula is C19H18N4. The highest BCUT2D eigenvalue weighted by molar-refractivity contribution is 5.68. The minimum atomic E-state index is 0.388. The largest absolute Gasteiger partial charge is 0.243 e. The van der Waals surface area contributed by atoms with Gasteiger partial charge in [-0.25, -0.2) is 4.68 Å². The number of nitriles is 1. The van der Waals surface area contributed by atoms with Crippen molar-refractivity contribution in [1.82, 2.24) is 15.0 Å². The van der Waals surface area contributed by atoms with Crippen molar-refractivity contribution in [1.29, 1.82) is 5.26 Å². The van der Waals surface area contributed by atoms with Crippen LogP contribution in [0.15, 0.2) is 54.6 Å². The van der Waals surface area contributed by atoms with Crippen LogP contribution in [-0.4, -0.2) is 15.0 Å². The molecular weight excluding hydrogens is 284 g/mol. The Balaban J connectivity index is 1.82. The van der Waals surface area contributed by atoms with Crippen LogP contribution in [0.5, 0.6) is 0 Å². The van der Waals surface area contributed by atoms with Crippen LogP contribution in [0.2, 0.25) is 0 Å². The Kier molecular flexibility index (Phi) is 4.49. The summed E-state index contributed by atoms with van der Waals surface area (Å²) in [6, 6.07) is 20.6. The molecule has 0 fully saturated rings. The number of aryl methyl sites for hydroxylation is 3. The Morgan fingerprint density at radius 3 is 2.52 bits per heavy atom.